The quantitative estimate of drug-likeness (QED) is 0.310. The van der Waals surface area contributed by atoms with Gasteiger partial charge in [0.1, 0.15) is 24.7 Å². The van der Waals surface area contributed by atoms with Gasteiger partial charge < -0.3 is 25.8 Å². The van der Waals surface area contributed by atoms with Crippen LogP contribution >= 0.6 is 11.8 Å². The third-order valence-electron chi connectivity index (χ3n) is 6.22. The van der Waals surface area contributed by atoms with Gasteiger partial charge in [-0.1, -0.05) is 60.7 Å². The fraction of sp³-hybridized carbons (Fsp3) is 0.393. The summed E-state index contributed by atoms with van der Waals surface area (Å²) in [6.45, 7) is -0.119. The van der Waals surface area contributed by atoms with E-state index < -0.39 is 47.8 Å². The lowest BCUT2D eigenvalue weighted by atomic mass is 10.1. The van der Waals surface area contributed by atoms with E-state index in [1.165, 1.54) is 11.8 Å². The number of benzene rings is 2. The highest BCUT2D eigenvalue weighted by atomic mass is 32.2. The molecule has 2 aromatic rings. The normalized spacial score (nSPS) is 16.2. The lowest BCUT2D eigenvalue weighted by Gasteiger charge is -2.26. The molecular weight excluding hydrogens is 536 g/mol. The highest BCUT2D eigenvalue weighted by Gasteiger charge is 2.42. The van der Waals surface area contributed by atoms with Crippen molar-refractivity contribution in [3.63, 3.8) is 0 Å². The van der Waals surface area contributed by atoms with Crippen molar-refractivity contribution in [3.05, 3.63) is 71.8 Å². The van der Waals surface area contributed by atoms with Gasteiger partial charge in [-0.3, -0.25) is 19.2 Å². The van der Waals surface area contributed by atoms with Crippen molar-refractivity contribution in [2.24, 2.45) is 5.73 Å². The van der Waals surface area contributed by atoms with E-state index in [1.807, 2.05) is 42.7 Å². The maximum absolute atomic E-state index is 13.3. The van der Waals surface area contributed by atoms with Gasteiger partial charge in [0.15, 0.2) is 0 Å². The van der Waals surface area contributed by atoms with Crippen molar-refractivity contribution in [2.75, 3.05) is 18.6 Å². The zero-order valence-corrected chi connectivity index (χ0v) is 23.1. The molecule has 1 heterocycles. The summed E-state index contributed by atoms with van der Waals surface area (Å²) in [6, 6.07) is 14.8. The van der Waals surface area contributed by atoms with Crippen LogP contribution in [-0.2, 0) is 41.9 Å². The second kappa shape index (κ2) is 15.6. The number of carbonyl (C=O) groups is 5. The van der Waals surface area contributed by atoms with Gasteiger partial charge in [0.05, 0.1) is 13.2 Å². The molecule has 5 amide bonds. The summed E-state index contributed by atoms with van der Waals surface area (Å²) in [7, 11) is 0. The smallest absolute Gasteiger partial charge is 0.417 e. The van der Waals surface area contributed by atoms with Crippen molar-refractivity contribution >= 4 is 41.5 Å². The Bertz CT molecular complexity index is 1170. The van der Waals surface area contributed by atoms with E-state index in [0.29, 0.717) is 12.2 Å². The molecule has 1 saturated heterocycles. The molecule has 2 aromatic carbocycles. The summed E-state index contributed by atoms with van der Waals surface area (Å²) >= 11 is 1.49. The topological polar surface area (TPSA) is 157 Å². The molecule has 0 bridgehead atoms. The third kappa shape index (κ3) is 9.09. The largest absolute Gasteiger partial charge is 0.444 e. The molecule has 11 nitrogen and oxygen atoms in total. The van der Waals surface area contributed by atoms with Gasteiger partial charge in [0.25, 0.3) is 0 Å². The summed E-state index contributed by atoms with van der Waals surface area (Å²) in [5, 5.41) is 5.17. The lowest BCUT2D eigenvalue weighted by molar-refractivity contribution is -0.137. The first-order valence-electron chi connectivity index (χ1n) is 12.8. The Labute approximate surface area is 237 Å². The molecule has 0 unspecified atom stereocenters. The van der Waals surface area contributed by atoms with E-state index in [9.17, 15) is 24.0 Å². The number of nitrogens with two attached hydrogens (primary N) is 1. The summed E-state index contributed by atoms with van der Waals surface area (Å²) < 4.78 is 11.0. The van der Waals surface area contributed by atoms with E-state index in [-0.39, 0.29) is 32.7 Å². The molecule has 40 heavy (non-hydrogen) atoms. The lowest BCUT2D eigenvalue weighted by Crippen LogP contribution is -2.57. The number of amides is 5. The fourth-order valence-electron chi connectivity index (χ4n) is 4.06. The van der Waals surface area contributed by atoms with Gasteiger partial charge in [-0.2, -0.15) is 11.8 Å². The van der Waals surface area contributed by atoms with Crippen molar-refractivity contribution < 1.29 is 33.4 Å². The average molecular weight is 571 g/mol. The van der Waals surface area contributed by atoms with Crippen LogP contribution in [-0.4, -0.2) is 71.4 Å². The number of ether oxygens (including phenoxy) is 2. The number of likely N-dealkylation sites (tertiary alicyclic amines) is 1. The van der Waals surface area contributed by atoms with Gasteiger partial charge in [-0.05, 0) is 36.0 Å². The molecule has 214 valence electrons. The first kappa shape index (κ1) is 30.6. The summed E-state index contributed by atoms with van der Waals surface area (Å²) in [4.78, 5) is 64.4. The number of hydrogen-bond acceptors (Lipinski definition) is 8. The van der Waals surface area contributed by atoms with Crippen molar-refractivity contribution in [2.45, 2.75) is 50.6 Å². The molecule has 3 atom stereocenters. The molecule has 0 aliphatic carbocycles. The maximum Gasteiger partial charge on any atom is 0.417 e. The summed E-state index contributed by atoms with van der Waals surface area (Å²) in [6.07, 6.45) is 1.27. The molecule has 0 aromatic heterocycles. The number of carbonyl (C=O) groups excluding carboxylic acids is 5. The maximum atomic E-state index is 13.3. The van der Waals surface area contributed by atoms with Gasteiger partial charge in [-0.15, -0.1) is 0 Å². The van der Waals surface area contributed by atoms with Crippen LogP contribution in [0.4, 0.5) is 4.79 Å². The number of nitrogens with zero attached hydrogens (tertiary/aromatic N) is 1. The Kier molecular flexibility index (Phi) is 12.0. The Balaban J connectivity index is 1.68. The highest BCUT2D eigenvalue weighted by molar-refractivity contribution is 7.98. The van der Waals surface area contributed by atoms with Crippen LogP contribution < -0.4 is 16.4 Å². The second-order valence-corrected chi connectivity index (χ2v) is 10.2. The number of primary amides is 1. The molecule has 4 N–H and O–H groups in total. The number of imide groups is 1. The Morgan fingerprint density at radius 1 is 0.975 bits per heavy atom. The van der Waals surface area contributed by atoms with E-state index in [4.69, 9.17) is 15.2 Å². The molecule has 0 spiro atoms. The summed E-state index contributed by atoms with van der Waals surface area (Å²) in [5.41, 5.74) is 7.04. The molecule has 3 rings (SSSR count). The van der Waals surface area contributed by atoms with Crippen molar-refractivity contribution in [3.8, 4) is 0 Å². The van der Waals surface area contributed by atoms with Gasteiger partial charge >= 0.3 is 6.09 Å². The monoisotopic (exact) mass is 570 g/mol. The predicted molar refractivity (Wildman–Crippen MR) is 149 cm³/mol. The van der Waals surface area contributed by atoms with Crippen LogP contribution in [0.5, 0.6) is 0 Å². The minimum Gasteiger partial charge on any atom is -0.444 e. The molecule has 1 fully saturated rings. The molecule has 0 radical (unpaired) electrons. The van der Waals surface area contributed by atoms with Gasteiger partial charge in [-0.25, -0.2) is 9.69 Å². The third-order valence-corrected chi connectivity index (χ3v) is 6.86. The Morgan fingerprint density at radius 2 is 1.60 bits per heavy atom. The second-order valence-electron chi connectivity index (χ2n) is 9.17. The molecular formula is C28H34N4O7S. The zero-order valence-electron chi connectivity index (χ0n) is 22.2. The van der Waals surface area contributed by atoms with Crippen LogP contribution in [0, 0.1) is 0 Å². The first-order valence-corrected chi connectivity index (χ1v) is 14.2. The SMILES string of the molecule is CSCC[C@@H](NC(=O)[C@H](COCc1ccccc1)NC(=O)[C@@H]1CCC(=O)N1C(=O)OCc1ccccc1)C(N)=O. The zero-order chi connectivity index (χ0) is 28.9. The van der Waals surface area contributed by atoms with Gasteiger partial charge in [0.2, 0.25) is 23.6 Å². The van der Waals surface area contributed by atoms with Crippen LogP contribution in [0.15, 0.2) is 60.7 Å². The molecule has 1 aliphatic rings. The molecule has 12 heteroatoms. The van der Waals surface area contributed by atoms with Gasteiger partial charge in [0, 0.05) is 6.42 Å². The number of nitrogens with one attached hydrogen (secondary N) is 2. The van der Waals surface area contributed by atoms with Crippen LogP contribution in [0.1, 0.15) is 30.4 Å². The average Bonchev–Trinajstić information content (AvgIpc) is 3.35. The number of rotatable bonds is 14. The van der Waals surface area contributed by atoms with Crippen molar-refractivity contribution in [1.29, 1.82) is 0 Å². The Hall–Kier alpha value is -3.90. The highest BCUT2D eigenvalue weighted by Crippen LogP contribution is 2.21. The first-order chi connectivity index (χ1) is 19.3. The van der Waals surface area contributed by atoms with E-state index in [1.54, 1.807) is 24.3 Å². The number of hydrogen-bond donors (Lipinski definition) is 3. The molecule has 0 saturated carbocycles. The van der Waals surface area contributed by atoms with Crippen LogP contribution in [0.3, 0.4) is 0 Å². The van der Waals surface area contributed by atoms with E-state index in [2.05, 4.69) is 10.6 Å². The van der Waals surface area contributed by atoms with E-state index >= 15 is 0 Å². The molecule has 1 aliphatic heterocycles. The fourth-order valence-corrected chi connectivity index (χ4v) is 4.53. The predicted octanol–water partition coefficient (Wildman–Crippen LogP) is 1.74. The Morgan fingerprint density at radius 3 is 2.20 bits per heavy atom. The van der Waals surface area contributed by atoms with Crippen LogP contribution in [0.25, 0.3) is 0 Å². The standard InChI is InChI=1S/C28H34N4O7S/c1-40-15-14-21(25(29)34)30-26(35)22(18-38-16-19-8-4-2-5-9-19)31-27(36)23-12-13-24(33)32(23)28(37)39-17-20-10-6-3-7-11-20/h2-11,21-23H,12-18H2,1H3,(H2,29,34)(H,30,35)(H,31,36)/t21-,22+,23+/m1/s1. The van der Waals surface area contributed by atoms with Crippen molar-refractivity contribution in [1.82, 2.24) is 15.5 Å². The number of thioether (sulfide) groups is 1. The minimum atomic E-state index is -1.22. The van der Waals surface area contributed by atoms with Crippen LogP contribution in [0.2, 0.25) is 0 Å². The minimum absolute atomic E-state index is 0.0294. The summed E-state index contributed by atoms with van der Waals surface area (Å²) in [5.74, 6) is -2.06. The van der Waals surface area contributed by atoms with E-state index in [0.717, 1.165) is 16.0 Å².